The van der Waals surface area contributed by atoms with Gasteiger partial charge in [0.15, 0.2) is 0 Å². The number of nitrogens with zero attached hydrogens (tertiary/aromatic N) is 1. The smallest absolute Gasteiger partial charge is 0.222 e. The Morgan fingerprint density at radius 3 is 2.80 bits per heavy atom. The van der Waals surface area contributed by atoms with Crippen LogP contribution in [0.5, 0.6) is 0 Å². The SMILES string of the molecule is CC1CN(C(=O)CC(C)C2CCNCC2)CCCO1.Cl. The van der Waals surface area contributed by atoms with Crippen LogP contribution in [0.15, 0.2) is 0 Å². The number of carbonyl (C=O) groups excluding carboxylic acids is 1. The van der Waals surface area contributed by atoms with Gasteiger partial charge < -0.3 is 15.0 Å². The Hall–Kier alpha value is -0.320. The van der Waals surface area contributed by atoms with E-state index in [1.165, 1.54) is 12.8 Å². The van der Waals surface area contributed by atoms with Crippen molar-refractivity contribution in [3.63, 3.8) is 0 Å². The van der Waals surface area contributed by atoms with E-state index in [1.807, 2.05) is 4.90 Å². The van der Waals surface area contributed by atoms with Crippen LogP contribution in [0.2, 0.25) is 0 Å². The fourth-order valence-electron chi connectivity index (χ4n) is 3.21. The molecule has 5 heteroatoms. The van der Waals surface area contributed by atoms with Crippen molar-refractivity contribution >= 4 is 18.3 Å². The minimum absolute atomic E-state index is 0. The van der Waals surface area contributed by atoms with Crippen molar-refractivity contribution in [2.45, 2.75) is 45.6 Å². The maximum Gasteiger partial charge on any atom is 0.222 e. The molecule has 0 bridgehead atoms. The van der Waals surface area contributed by atoms with Gasteiger partial charge in [-0.2, -0.15) is 0 Å². The first-order valence-corrected chi connectivity index (χ1v) is 7.77. The van der Waals surface area contributed by atoms with E-state index in [0.29, 0.717) is 24.2 Å². The molecule has 1 amide bonds. The largest absolute Gasteiger partial charge is 0.377 e. The lowest BCUT2D eigenvalue weighted by Gasteiger charge is -2.30. The van der Waals surface area contributed by atoms with Crippen LogP contribution in [0.3, 0.4) is 0 Å². The highest BCUT2D eigenvalue weighted by Crippen LogP contribution is 2.25. The Kier molecular flexibility index (Phi) is 7.85. The van der Waals surface area contributed by atoms with Gasteiger partial charge in [-0.1, -0.05) is 6.92 Å². The fourth-order valence-corrected chi connectivity index (χ4v) is 3.21. The summed E-state index contributed by atoms with van der Waals surface area (Å²) in [6.45, 7) is 8.93. The number of hydrogen-bond acceptors (Lipinski definition) is 3. The molecule has 2 aliphatic rings. The number of rotatable bonds is 3. The number of ether oxygens (including phenoxy) is 1. The van der Waals surface area contributed by atoms with Gasteiger partial charge in [0.2, 0.25) is 5.91 Å². The van der Waals surface area contributed by atoms with Crippen molar-refractivity contribution < 1.29 is 9.53 Å². The molecule has 1 N–H and O–H groups in total. The Balaban J connectivity index is 0.00000200. The number of piperidine rings is 1. The molecule has 0 aliphatic carbocycles. The first kappa shape index (κ1) is 17.7. The van der Waals surface area contributed by atoms with E-state index in [9.17, 15) is 4.79 Å². The van der Waals surface area contributed by atoms with Gasteiger partial charge in [0.1, 0.15) is 0 Å². The van der Waals surface area contributed by atoms with Gasteiger partial charge in [0.25, 0.3) is 0 Å². The van der Waals surface area contributed by atoms with Crippen LogP contribution < -0.4 is 5.32 Å². The molecule has 2 unspecified atom stereocenters. The third-order valence-electron chi connectivity index (χ3n) is 4.49. The third kappa shape index (κ3) is 5.23. The maximum atomic E-state index is 12.4. The summed E-state index contributed by atoms with van der Waals surface area (Å²) in [7, 11) is 0. The lowest BCUT2D eigenvalue weighted by Crippen LogP contribution is -2.38. The zero-order valence-electron chi connectivity index (χ0n) is 12.8. The molecule has 2 heterocycles. The molecule has 0 radical (unpaired) electrons. The molecule has 20 heavy (non-hydrogen) atoms. The molecule has 2 saturated heterocycles. The Morgan fingerprint density at radius 1 is 1.40 bits per heavy atom. The highest BCUT2D eigenvalue weighted by molar-refractivity contribution is 5.85. The highest BCUT2D eigenvalue weighted by atomic mass is 35.5. The predicted octanol–water partition coefficient (Wildman–Crippen LogP) is 2.07. The monoisotopic (exact) mass is 304 g/mol. The molecule has 2 atom stereocenters. The summed E-state index contributed by atoms with van der Waals surface area (Å²) in [5.74, 6) is 1.54. The average Bonchev–Trinajstić information content (AvgIpc) is 2.64. The van der Waals surface area contributed by atoms with Gasteiger partial charge in [0, 0.05) is 26.1 Å². The van der Waals surface area contributed by atoms with E-state index >= 15 is 0 Å². The number of carbonyl (C=O) groups is 1. The molecule has 118 valence electrons. The van der Waals surface area contributed by atoms with E-state index in [1.54, 1.807) is 0 Å². The van der Waals surface area contributed by atoms with Crippen molar-refractivity contribution in [3.05, 3.63) is 0 Å². The summed E-state index contributed by atoms with van der Waals surface area (Å²) >= 11 is 0. The summed E-state index contributed by atoms with van der Waals surface area (Å²) in [6, 6.07) is 0. The van der Waals surface area contributed by atoms with Crippen LogP contribution in [0, 0.1) is 11.8 Å². The molecule has 4 nitrogen and oxygen atoms in total. The van der Waals surface area contributed by atoms with Crippen LogP contribution in [0.25, 0.3) is 0 Å². The minimum Gasteiger partial charge on any atom is -0.377 e. The van der Waals surface area contributed by atoms with E-state index in [4.69, 9.17) is 4.74 Å². The molecule has 2 fully saturated rings. The topological polar surface area (TPSA) is 41.6 Å². The Labute approximate surface area is 129 Å². The molecule has 0 spiro atoms. The van der Waals surface area contributed by atoms with Gasteiger partial charge >= 0.3 is 0 Å². The van der Waals surface area contributed by atoms with Gasteiger partial charge in [0.05, 0.1) is 6.10 Å². The number of nitrogens with one attached hydrogen (secondary N) is 1. The second kappa shape index (κ2) is 8.85. The van der Waals surface area contributed by atoms with Crippen LogP contribution in [0.4, 0.5) is 0 Å². The second-order valence-electron chi connectivity index (χ2n) is 6.14. The van der Waals surface area contributed by atoms with Crippen molar-refractivity contribution in [2.75, 3.05) is 32.8 Å². The fraction of sp³-hybridized carbons (Fsp3) is 0.933. The van der Waals surface area contributed by atoms with Crippen LogP contribution in [-0.2, 0) is 9.53 Å². The van der Waals surface area contributed by atoms with Crippen molar-refractivity contribution in [1.29, 1.82) is 0 Å². The summed E-state index contributed by atoms with van der Waals surface area (Å²) in [5.41, 5.74) is 0. The van der Waals surface area contributed by atoms with E-state index in [0.717, 1.165) is 39.2 Å². The molecular formula is C15H29ClN2O2. The van der Waals surface area contributed by atoms with Gasteiger partial charge in [-0.15, -0.1) is 12.4 Å². The van der Waals surface area contributed by atoms with Crippen molar-refractivity contribution in [2.24, 2.45) is 11.8 Å². The first-order chi connectivity index (χ1) is 9.16. The quantitative estimate of drug-likeness (QED) is 0.868. The van der Waals surface area contributed by atoms with Gasteiger partial charge in [-0.3, -0.25) is 4.79 Å². The summed E-state index contributed by atoms with van der Waals surface area (Å²) in [6.07, 6.45) is 4.29. The van der Waals surface area contributed by atoms with Gasteiger partial charge in [-0.25, -0.2) is 0 Å². The summed E-state index contributed by atoms with van der Waals surface area (Å²) in [4.78, 5) is 14.4. The molecule has 0 aromatic rings. The van der Waals surface area contributed by atoms with E-state index in [2.05, 4.69) is 19.2 Å². The minimum atomic E-state index is 0. The lowest BCUT2D eigenvalue weighted by atomic mass is 9.84. The molecule has 2 aliphatic heterocycles. The van der Waals surface area contributed by atoms with Crippen LogP contribution in [-0.4, -0.2) is 49.7 Å². The molecule has 0 saturated carbocycles. The molecule has 0 aromatic heterocycles. The zero-order valence-corrected chi connectivity index (χ0v) is 13.6. The normalized spacial score (nSPS) is 26.5. The van der Waals surface area contributed by atoms with Crippen molar-refractivity contribution in [1.82, 2.24) is 10.2 Å². The average molecular weight is 305 g/mol. The second-order valence-corrected chi connectivity index (χ2v) is 6.14. The number of halogens is 1. The van der Waals surface area contributed by atoms with E-state index < -0.39 is 0 Å². The molecular weight excluding hydrogens is 276 g/mol. The molecule has 2 rings (SSSR count). The lowest BCUT2D eigenvalue weighted by molar-refractivity contribution is -0.133. The van der Waals surface area contributed by atoms with Crippen LogP contribution >= 0.6 is 12.4 Å². The number of hydrogen-bond donors (Lipinski definition) is 1. The highest BCUT2D eigenvalue weighted by Gasteiger charge is 2.25. The maximum absolute atomic E-state index is 12.4. The molecule has 0 aromatic carbocycles. The standard InChI is InChI=1S/C15H28N2O2.ClH/c1-12(14-4-6-16-7-5-14)10-15(18)17-8-3-9-19-13(2)11-17;/h12-14,16H,3-11H2,1-2H3;1H. The number of amides is 1. The Bertz CT molecular complexity index is 296. The van der Waals surface area contributed by atoms with E-state index in [-0.39, 0.29) is 18.5 Å². The predicted molar refractivity (Wildman–Crippen MR) is 83.2 cm³/mol. The third-order valence-corrected chi connectivity index (χ3v) is 4.49. The Morgan fingerprint density at radius 2 is 2.10 bits per heavy atom. The summed E-state index contributed by atoms with van der Waals surface area (Å²) in [5, 5.41) is 3.39. The van der Waals surface area contributed by atoms with Gasteiger partial charge in [-0.05, 0) is 51.1 Å². The summed E-state index contributed by atoms with van der Waals surface area (Å²) < 4.78 is 5.60. The zero-order chi connectivity index (χ0) is 13.7. The first-order valence-electron chi connectivity index (χ1n) is 7.77. The van der Waals surface area contributed by atoms with Crippen LogP contribution in [0.1, 0.15) is 39.5 Å². The van der Waals surface area contributed by atoms with Crippen molar-refractivity contribution in [3.8, 4) is 0 Å².